The number of amides is 2. The second-order valence-electron chi connectivity index (χ2n) is 5.75. The maximum Gasteiger partial charge on any atom is 0.257 e. The number of hydrogen-bond donors (Lipinski definition) is 3. The summed E-state index contributed by atoms with van der Waals surface area (Å²) in [5.41, 5.74) is 1.56. The van der Waals surface area contributed by atoms with E-state index in [0.717, 1.165) is 5.82 Å². The van der Waals surface area contributed by atoms with E-state index in [0.29, 0.717) is 29.4 Å². The van der Waals surface area contributed by atoms with E-state index in [1.807, 2.05) is 6.92 Å². The maximum atomic E-state index is 12.3. The van der Waals surface area contributed by atoms with Crippen molar-refractivity contribution in [1.82, 2.24) is 10.3 Å². The molecule has 1 saturated carbocycles. The molecule has 0 saturated heterocycles. The van der Waals surface area contributed by atoms with E-state index in [9.17, 15) is 9.59 Å². The van der Waals surface area contributed by atoms with Crippen molar-refractivity contribution >= 4 is 23.3 Å². The highest BCUT2D eigenvalue weighted by atomic mass is 16.2. The first-order valence-corrected chi connectivity index (χ1v) is 8.08. The quantitative estimate of drug-likeness (QED) is 0.763. The Bertz CT molecular complexity index is 739. The Balaban J connectivity index is 1.65. The molecule has 0 spiro atoms. The van der Waals surface area contributed by atoms with Gasteiger partial charge in [-0.05, 0) is 50.1 Å². The first-order chi connectivity index (χ1) is 11.7. The van der Waals surface area contributed by atoms with Gasteiger partial charge < -0.3 is 16.0 Å². The number of anilines is 2. The fourth-order valence-corrected chi connectivity index (χ4v) is 2.25. The van der Waals surface area contributed by atoms with Crippen LogP contribution in [0.1, 0.15) is 40.5 Å². The molecule has 1 fully saturated rings. The van der Waals surface area contributed by atoms with Crippen molar-refractivity contribution in [3.05, 3.63) is 53.7 Å². The van der Waals surface area contributed by atoms with E-state index < -0.39 is 0 Å². The molecular weight excluding hydrogens is 304 g/mol. The van der Waals surface area contributed by atoms with Crippen LogP contribution in [0.15, 0.2) is 42.6 Å². The summed E-state index contributed by atoms with van der Waals surface area (Å²) < 4.78 is 0. The minimum absolute atomic E-state index is 0.161. The minimum Gasteiger partial charge on any atom is -0.367 e. The van der Waals surface area contributed by atoms with Crippen molar-refractivity contribution in [3.8, 4) is 0 Å². The lowest BCUT2D eigenvalue weighted by molar-refractivity contribution is 0.0954. The van der Waals surface area contributed by atoms with Crippen molar-refractivity contribution in [2.24, 2.45) is 0 Å². The van der Waals surface area contributed by atoms with E-state index >= 15 is 0 Å². The number of nitrogens with one attached hydrogen (secondary N) is 3. The van der Waals surface area contributed by atoms with Gasteiger partial charge in [0.1, 0.15) is 5.82 Å². The van der Waals surface area contributed by atoms with Crippen LogP contribution in [0, 0.1) is 0 Å². The zero-order chi connectivity index (χ0) is 16.9. The lowest BCUT2D eigenvalue weighted by Gasteiger charge is -2.08. The summed E-state index contributed by atoms with van der Waals surface area (Å²) in [7, 11) is 0. The molecule has 3 N–H and O–H groups in total. The average molecular weight is 324 g/mol. The Labute approximate surface area is 140 Å². The van der Waals surface area contributed by atoms with E-state index in [4.69, 9.17) is 0 Å². The van der Waals surface area contributed by atoms with Crippen molar-refractivity contribution in [1.29, 1.82) is 0 Å². The Morgan fingerprint density at radius 3 is 2.62 bits per heavy atom. The molecule has 2 aromatic rings. The van der Waals surface area contributed by atoms with Crippen molar-refractivity contribution in [2.45, 2.75) is 25.8 Å². The lowest BCUT2D eigenvalue weighted by Crippen LogP contribution is -2.22. The molecule has 0 aliphatic heterocycles. The summed E-state index contributed by atoms with van der Waals surface area (Å²) in [6.45, 7) is 2.42. The summed E-state index contributed by atoms with van der Waals surface area (Å²) in [5.74, 6) is 0.367. The normalized spacial score (nSPS) is 13.2. The molecule has 0 bridgehead atoms. The number of carbonyl (C=O) groups excluding carboxylic acids is 2. The number of hydrogen-bond acceptors (Lipinski definition) is 4. The van der Waals surface area contributed by atoms with E-state index in [2.05, 4.69) is 20.9 Å². The van der Waals surface area contributed by atoms with Gasteiger partial charge in [-0.15, -0.1) is 0 Å². The second kappa shape index (κ2) is 7.12. The summed E-state index contributed by atoms with van der Waals surface area (Å²) in [6, 6.07) is 10.9. The number of aromatic nitrogens is 1. The molecule has 6 nitrogen and oxygen atoms in total. The number of rotatable bonds is 6. The van der Waals surface area contributed by atoms with Crippen molar-refractivity contribution in [2.75, 3.05) is 17.2 Å². The molecule has 124 valence electrons. The third-order valence-electron chi connectivity index (χ3n) is 3.67. The second-order valence-corrected chi connectivity index (χ2v) is 5.75. The first kappa shape index (κ1) is 16.0. The van der Waals surface area contributed by atoms with Gasteiger partial charge in [-0.25, -0.2) is 4.98 Å². The van der Waals surface area contributed by atoms with Crippen LogP contribution in [0.5, 0.6) is 0 Å². The molecule has 1 aromatic heterocycles. The highest BCUT2D eigenvalue weighted by molar-refractivity contribution is 6.05. The Hall–Kier alpha value is -2.89. The molecule has 24 heavy (non-hydrogen) atoms. The fraction of sp³-hybridized carbons (Fsp3) is 0.278. The average Bonchev–Trinajstić information content (AvgIpc) is 3.40. The van der Waals surface area contributed by atoms with Gasteiger partial charge in [0.05, 0.1) is 5.56 Å². The predicted octanol–water partition coefficient (Wildman–Crippen LogP) is 2.66. The van der Waals surface area contributed by atoms with Crippen LogP contribution < -0.4 is 16.0 Å². The third kappa shape index (κ3) is 4.10. The SMILES string of the molecule is CCNC(=O)c1cccc(NC(=O)c2ccc(NC3CC3)nc2)c1. The Kier molecular flexibility index (Phi) is 4.74. The Morgan fingerprint density at radius 1 is 1.12 bits per heavy atom. The highest BCUT2D eigenvalue weighted by Gasteiger charge is 2.21. The van der Waals surface area contributed by atoms with E-state index in [1.54, 1.807) is 42.6 Å². The number of carbonyl (C=O) groups is 2. The van der Waals surface area contributed by atoms with Gasteiger partial charge >= 0.3 is 0 Å². The van der Waals surface area contributed by atoms with E-state index in [1.165, 1.54) is 12.8 Å². The third-order valence-corrected chi connectivity index (χ3v) is 3.67. The zero-order valence-electron chi connectivity index (χ0n) is 13.5. The predicted molar refractivity (Wildman–Crippen MR) is 93.3 cm³/mol. The molecule has 1 heterocycles. The van der Waals surface area contributed by atoms with Gasteiger partial charge in [-0.2, -0.15) is 0 Å². The number of benzene rings is 1. The number of nitrogens with zero attached hydrogens (tertiary/aromatic N) is 1. The molecule has 6 heteroatoms. The van der Waals surface area contributed by atoms with Crippen molar-refractivity contribution in [3.63, 3.8) is 0 Å². The van der Waals surface area contributed by atoms with Gasteiger partial charge in [-0.1, -0.05) is 6.07 Å². The molecule has 0 unspecified atom stereocenters. The molecule has 0 radical (unpaired) electrons. The van der Waals surface area contributed by atoms with Gasteiger partial charge in [0.2, 0.25) is 0 Å². The van der Waals surface area contributed by atoms with Crippen LogP contribution >= 0.6 is 0 Å². The van der Waals surface area contributed by atoms with E-state index in [-0.39, 0.29) is 11.8 Å². The van der Waals surface area contributed by atoms with Gasteiger partial charge in [0.25, 0.3) is 11.8 Å². The van der Waals surface area contributed by atoms with Crippen LogP contribution in [-0.4, -0.2) is 29.4 Å². The number of pyridine rings is 1. The topological polar surface area (TPSA) is 83.1 Å². The first-order valence-electron chi connectivity index (χ1n) is 8.08. The summed E-state index contributed by atoms with van der Waals surface area (Å²) in [6.07, 6.45) is 3.89. The van der Waals surface area contributed by atoms with Crippen LogP contribution in [0.3, 0.4) is 0 Å². The van der Waals surface area contributed by atoms with Gasteiger partial charge in [0, 0.05) is 30.0 Å². The van der Waals surface area contributed by atoms with Crippen LogP contribution in [-0.2, 0) is 0 Å². The van der Waals surface area contributed by atoms with Crippen molar-refractivity contribution < 1.29 is 9.59 Å². The summed E-state index contributed by atoms with van der Waals surface area (Å²) >= 11 is 0. The molecule has 1 aliphatic rings. The highest BCUT2D eigenvalue weighted by Crippen LogP contribution is 2.23. The Morgan fingerprint density at radius 2 is 1.96 bits per heavy atom. The lowest BCUT2D eigenvalue weighted by atomic mass is 10.1. The van der Waals surface area contributed by atoms with Crippen LogP contribution in [0.2, 0.25) is 0 Å². The van der Waals surface area contributed by atoms with Crippen LogP contribution in [0.25, 0.3) is 0 Å². The maximum absolute atomic E-state index is 12.3. The van der Waals surface area contributed by atoms with Gasteiger partial charge in [0.15, 0.2) is 0 Å². The smallest absolute Gasteiger partial charge is 0.257 e. The largest absolute Gasteiger partial charge is 0.367 e. The monoisotopic (exact) mass is 324 g/mol. The summed E-state index contributed by atoms with van der Waals surface area (Å²) in [5, 5.41) is 8.80. The fourth-order valence-electron chi connectivity index (χ4n) is 2.25. The minimum atomic E-state index is -0.256. The molecule has 1 aromatic carbocycles. The van der Waals surface area contributed by atoms with Crippen LogP contribution in [0.4, 0.5) is 11.5 Å². The van der Waals surface area contributed by atoms with Gasteiger partial charge in [-0.3, -0.25) is 9.59 Å². The summed E-state index contributed by atoms with van der Waals surface area (Å²) in [4.78, 5) is 28.4. The molecule has 1 aliphatic carbocycles. The molecule has 3 rings (SSSR count). The standard InChI is InChI=1S/C18H20N4O2/c1-2-19-17(23)12-4-3-5-15(10-12)22-18(24)13-6-9-16(20-11-13)21-14-7-8-14/h3-6,9-11,14H,2,7-8H2,1H3,(H,19,23)(H,20,21)(H,22,24). The molecular formula is C18H20N4O2. The molecule has 0 atom stereocenters. The molecule has 2 amide bonds. The zero-order valence-corrected chi connectivity index (χ0v) is 13.5.